The van der Waals surface area contributed by atoms with E-state index < -0.39 is 15.4 Å². The van der Waals surface area contributed by atoms with Crippen molar-refractivity contribution in [1.29, 1.82) is 0 Å². The first kappa shape index (κ1) is 36.1. The highest BCUT2D eigenvalue weighted by Crippen LogP contribution is 2.41. The van der Waals surface area contributed by atoms with Crippen molar-refractivity contribution in [2.75, 3.05) is 18.9 Å². The molecule has 2 aromatic carbocycles. The summed E-state index contributed by atoms with van der Waals surface area (Å²) >= 11 is 0. The Balaban J connectivity index is 1.21. The summed E-state index contributed by atoms with van der Waals surface area (Å²) in [6.45, 7) is 20.7. The van der Waals surface area contributed by atoms with E-state index in [0.717, 1.165) is 77.4 Å². The van der Waals surface area contributed by atoms with Crippen LogP contribution in [0.25, 0.3) is 5.65 Å². The smallest absolute Gasteiger partial charge is 0.319 e. The predicted molar refractivity (Wildman–Crippen MR) is 204 cm³/mol. The quantitative estimate of drug-likeness (QED) is 0.180. The van der Waals surface area contributed by atoms with Gasteiger partial charge in [0, 0.05) is 11.3 Å². The van der Waals surface area contributed by atoms with Gasteiger partial charge in [0.25, 0.3) is 0 Å². The van der Waals surface area contributed by atoms with Gasteiger partial charge in [-0.05, 0) is 105 Å². The molecule has 3 heterocycles. The number of carbonyl (C=O) groups is 1. The SMILES string of the molecule is CN1CCC[C@@]1(C)c1nnc2ccc(O[C@@H]3CC[C@H](NC(=O)Nc4cc(C(C)(C)C)ccc4C(C)(C)O[SiH2]C(C)(C)C)c4ccccc43)cn12. The molecule has 0 saturated carbocycles. The number of ether oxygens (including phenoxy) is 1. The van der Waals surface area contributed by atoms with Crippen molar-refractivity contribution in [3.8, 4) is 5.75 Å². The molecule has 0 radical (unpaired) electrons. The van der Waals surface area contributed by atoms with E-state index in [4.69, 9.17) is 9.16 Å². The molecule has 6 rings (SSSR count). The fourth-order valence-corrected chi connectivity index (χ4v) is 8.26. The highest BCUT2D eigenvalue weighted by atomic mass is 28.2. The van der Waals surface area contributed by atoms with Gasteiger partial charge in [-0.3, -0.25) is 9.30 Å². The highest BCUT2D eigenvalue weighted by molar-refractivity contribution is 6.31. The topological polar surface area (TPSA) is 93.0 Å². The van der Waals surface area contributed by atoms with Crippen LogP contribution in [0.2, 0.25) is 5.04 Å². The Bertz CT molecular complexity index is 1860. The van der Waals surface area contributed by atoms with Crippen molar-refractivity contribution in [3.63, 3.8) is 0 Å². The van der Waals surface area contributed by atoms with Crippen molar-refractivity contribution in [3.05, 3.63) is 88.9 Å². The minimum Gasteiger partial charge on any atom is -0.484 e. The summed E-state index contributed by atoms with van der Waals surface area (Å²) in [5.41, 5.74) is 5.13. The van der Waals surface area contributed by atoms with Crippen LogP contribution in [-0.4, -0.2) is 48.9 Å². The van der Waals surface area contributed by atoms with Crippen LogP contribution in [0.5, 0.6) is 5.75 Å². The van der Waals surface area contributed by atoms with E-state index in [1.807, 2.05) is 30.5 Å². The second-order valence-electron chi connectivity index (χ2n) is 17.2. The van der Waals surface area contributed by atoms with E-state index in [2.05, 4.69) is 130 Å². The zero-order valence-corrected chi connectivity index (χ0v) is 33.1. The normalized spacial score (nSPS) is 21.9. The van der Waals surface area contributed by atoms with E-state index >= 15 is 0 Å². The number of nitrogens with zero attached hydrogens (tertiary/aromatic N) is 4. The third kappa shape index (κ3) is 7.48. The van der Waals surface area contributed by atoms with Crippen LogP contribution in [0.1, 0.15) is 128 Å². The van der Waals surface area contributed by atoms with E-state index in [1.54, 1.807) is 0 Å². The number of urea groups is 1. The fourth-order valence-electron chi connectivity index (χ4n) is 7.31. The molecule has 2 amide bonds. The summed E-state index contributed by atoms with van der Waals surface area (Å²) < 4.78 is 15.4. The molecule has 9 nitrogen and oxygen atoms in total. The summed E-state index contributed by atoms with van der Waals surface area (Å²) in [5, 5.41) is 15.8. The van der Waals surface area contributed by atoms with E-state index in [0.29, 0.717) is 0 Å². The Morgan fingerprint density at radius 2 is 1.70 bits per heavy atom. The molecule has 268 valence electrons. The van der Waals surface area contributed by atoms with Gasteiger partial charge in [0.1, 0.15) is 11.9 Å². The van der Waals surface area contributed by atoms with Crippen molar-refractivity contribution in [1.82, 2.24) is 24.8 Å². The number of rotatable bonds is 8. The molecule has 50 heavy (non-hydrogen) atoms. The predicted octanol–water partition coefficient (Wildman–Crippen LogP) is 8.30. The standard InChI is InChI=1S/C40H56N6O3Si/c1-37(2,3)26-16-18-30(39(7,8)49-50-38(4,5)6)32(24-26)42-36(47)41-31-19-20-33(29-15-12-11-14-28(29)31)48-27-17-21-34-43-44-35(46(34)25-27)40(9)22-13-23-45(40)10/h11-12,14-18,21,24-25,31,33H,13,19-20,22-23,50H2,1-10H3,(H2,41,42,47)/t31-,33+,40-/m0/s1. The maximum atomic E-state index is 13.8. The summed E-state index contributed by atoms with van der Waals surface area (Å²) in [6.07, 6.45) is 5.58. The van der Waals surface area contributed by atoms with Gasteiger partial charge in [-0.2, -0.15) is 0 Å². The minimum atomic E-state index is -0.827. The van der Waals surface area contributed by atoms with Gasteiger partial charge in [0.05, 0.1) is 23.4 Å². The lowest BCUT2D eigenvalue weighted by Gasteiger charge is -2.34. The molecule has 2 aromatic heterocycles. The second kappa shape index (κ2) is 13.4. The number of benzene rings is 2. The number of likely N-dealkylation sites (tertiary alicyclic amines) is 1. The minimum absolute atomic E-state index is 0.0702. The number of hydrogen-bond acceptors (Lipinski definition) is 6. The molecule has 1 saturated heterocycles. The Morgan fingerprint density at radius 3 is 2.38 bits per heavy atom. The van der Waals surface area contributed by atoms with E-state index in [1.165, 1.54) is 0 Å². The Morgan fingerprint density at radius 1 is 0.960 bits per heavy atom. The molecule has 0 spiro atoms. The van der Waals surface area contributed by atoms with Crippen LogP contribution in [0, 0.1) is 0 Å². The molecule has 0 unspecified atom stereocenters. The summed E-state index contributed by atoms with van der Waals surface area (Å²) in [4.78, 5) is 16.2. The largest absolute Gasteiger partial charge is 0.484 e. The number of amides is 2. The Kier molecular flexibility index (Phi) is 9.69. The Labute approximate surface area is 300 Å². The van der Waals surface area contributed by atoms with Gasteiger partial charge in [0.2, 0.25) is 0 Å². The van der Waals surface area contributed by atoms with Gasteiger partial charge in [-0.25, -0.2) is 4.79 Å². The zero-order valence-electron chi connectivity index (χ0n) is 31.7. The third-order valence-corrected chi connectivity index (χ3v) is 12.3. The van der Waals surface area contributed by atoms with Gasteiger partial charge < -0.3 is 19.8 Å². The van der Waals surface area contributed by atoms with Crippen molar-refractivity contribution >= 4 is 27.1 Å². The molecule has 3 atom stereocenters. The van der Waals surface area contributed by atoms with Crippen LogP contribution in [0.15, 0.2) is 60.8 Å². The van der Waals surface area contributed by atoms with Crippen molar-refractivity contribution in [2.45, 2.75) is 122 Å². The van der Waals surface area contributed by atoms with Crippen molar-refractivity contribution in [2.24, 2.45) is 0 Å². The lowest BCUT2D eigenvalue weighted by Crippen LogP contribution is -2.37. The second-order valence-corrected chi connectivity index (χ2v) is 19.9. The monoisotopic (exact) mass is 696 g/mol. The van der Waals surface area contributed by atoms with Crippen molar-refractivity contribution < 1.29 is 14.0 Å². The number of carbonyl (C=O) groups excluding carboxylic acids is 1. The lowest BCUT2D eigenvalue weighted by atomic mass is 9.84. The van der Waals surface area contributed by atoms with Crippen LogP contribution < -0.4 is 15.4 Å². The first-order valence-electron chi connectivity index (χ1n) is 18.1. The molecule has 10 heteroatoms. The molecule has 1 fully saturated rings. The molecular formula is C40H56N6O3Si. The van der Waals surface area contributed by atoms with E-state index in [9.17, 15) is 4.79 Å². The number of nitrogens with one attached hydrogen (secondary N) is 2. The summed E-state index contributed by atoms with van der Waals surface area (Å²) in [7, 11) is 1.33. The highest BCUT2D eigenvalue weighted by Gasteiger charge is 2.40. The Hall–Kier alpha value is -3.73. The van der Waals surface area contributed by atoms with Crippen LogP contribution in [0.4, 0.5) is 10.5 Å². The van der Waals surface area contributed by atoms with Gasteiger partial charge >= 0.3 is 6.03 Å². The first-order valence-corrected chi connectivity index (χ1v) is 19.4. The molecule has 1 aliphatic carbocycles. The summed E-state index contributed by atoms with van der Waals surface area (Å²) in [5.74, 6) is 1.72. The molecule has 2 aliphatic rings. The maximum absolute atomic E-state index is 13.8. The molecule has 0 bridgehead atoms. The third-order valence-electron chi connectivity index (χ3n) is 10.5. The molecule has 4 aromatic rings. The van der Waals surface area contributed by atoms with Crippen LogP contribution in [-0.2, 0) is 21.0 Å². The zero-order chi connectivity index (χ0) is 36.1. The number of hydrogen-bond donors (Lipinski definition) is 2. The van der Waals surface area contributed by atoms with Gasteiger partial charge in [-0.1, -0.05) is 77.9 Å². The average molecular weight is 697 g/mol. The van der Waals surface area contributed by atoms with Crippen LogP contribution in [0.3, 0.4) is 0 Å². The molecule has 2 N–H and O–H groups in total. The number of aromatic nitrogens is 3. The van der Waals surface area contributed by atoms with Gasteiger partial charge in [0.15, 0.2) is 21.2 Å². The van der Waals surface area contributed by atoms with E-state index in [-0.39, 0.29) is 34.2 Å². The average Bonchev–Trinajstić information content (AvgIpc) is 3.63. The number of anilines is 1. The fraction of sp³-hybridized carbons (Fsp3) is 0.525. The van der Waals surface area contributed by atoms with Crippen LogP contribution >= 0.6 is 0 Å². The molecular weight excluding hydrogens is 641 g/mol. The molecule has 1 aliphatic heterocycles. The van der Waals surface area contributed by atoms with Gasteiger partial charge in [-0.15, -0.1) is 10.2 Å². The summed E-state index contributed by atoms with van der Waals surface area (Å²) in [6, 6.07) is 18.3. The number of fused-ring (bicyclic) bond motifs is 2. The number of pyridine rings is 1. The lowest BCUT2D eigenvalue weighted by molar-refractivity contribution is 0.110. The maximum Gasteiger partial charge on any atom is 0.319 e. The first-order chi connectivity index (χ1) is 23.4.